The van der Waals surface area contributed by atoms with Crippen molar-refractivity contribution in [3.8, 4) is 22.8 Å². The van der Waals surface area contributed by atoms with Crippen molar-refractivity contribution in [2.24, 2.45) is 0 Å². The molecule has 3 aromatic heterocycles. The molecule has 0 saturated carbocycles. The molecule has 0 spiro atoms. The lowest BCUT2D eigenvalue weighted by Gasteiger charge is -2.14. The first-order valence-corrected chi connectivity index (χ1v) is 9.76. The number of para-hydroxylation sites is 1. The van der Waals surface area contributed by atoms with Gasteiger partial charge in [0.1, 0.15) is 17.8 Å². The number of rotatable bonds is 6. The Morgan fingerprint density at radius 1 is 1.23 bits per heavy atom. The summed E-state index contributed by atoms with van der Waals surface area (Å²) in [7, 11) is 3.92. The number of H-pyrrole nitrogens is 1. The van der Waals surface area contributed by atoms with E-state index in [9.17, 15) is 9.18 Å². The maximum absolute atomic E-state index is 14.7. The second-order valence-electron chi connectivity index (χ2n) is 7.49. The summed E-state index contributed by atoms with van der Waals surface area (Å²) in [5.41, 5.74) is 7.82. The van der Waals surface area contributed by atoms with Crippen molar-refractivity contribution in [2.45, 2.75) is 6.92 Å². The van der Waals surface area contributed by atoms with Crippen LogP contribution < -0.4 is 16.0 Å². The predicted molar refractivity (Wildman–Crippen MR) is 118 cm³/mol. The first-order chi connectivity index (χ1) is 14.9. The third kappa shape index (κ3) is 3.87. The Bertz CT molecular complexity index is 1290. The second-order valence-corrected chi connectivity index (χ2v) is 7.49. The number of likely N-dealkylation sites (N-methyl/N-ethyl adjacent to an activating group) is 1. The molecule has 4 aromatic rings. The number of halogens is 1. The van der Waals surface area contributed by atoms with Crippen LogP contribution >= 0.6 is 0 Å². The molecule has 160 valence electrons. The van der Waals surface area contributed by atoms with E-state index in [0.29, 0.717) is 34.8 Å². The molecule has 0 aliphatic heterocycles. The highest BCUT2D eigenvalue weighted by Gasteiger charge is 2.20. The van der Waals surface area contributed by atoms with Crippen LogP contribution in [0.2, 0.25) is 0 Å². The lowest BCUT2D eigenvalue weighted by Crippen LogP contribution is -2.21. The Morgan fingerprint density at radius 2 is 2.00 bits per heavy atom. The van der Waals surface area contributed by atoms with Gasteiger partial charge in [0.15, 0.2) is 5.82 Å². The normalized spacial score (nSPS) is 11.4. The summed E-state index contributed by atoms with van der Waals surface area (Å²) in [6.45, 7) is 2.96. The first kappa shape index (κ1) is 20.5. The fourth-order valence-corrected chi connectivity index (χ4v) is 3.41. The number of nitrogens with one attached hydrogen (secondary N) is 1. The average molecular weight is 422 g/mol. The van der Waals surface area contributed by atoms with Crippen molar-refractivity contribution in [2.75, 3.05) is 33.0 Å². The maximum Gasteiger partial charge on any atom is 0.268 e. The maximum atomic E-state index is 14.7. The van der Waals surface area contributed by atoms with Crippen molar-refractivity contribution in [3.63, 3.8) is 0 Å². The fraction of sp³-hybridized carbons (Fsp3) is 0.227. The fourth-order valence-electron chi connectivity index (χ4n) is 3.41. The van der Waals surface area contributed by atoms with Gasteiger partial charge in [0.05, 0.1) is 16.9 Å². The van der Waals surface area contributed by atoms with Crippen LogP contribution in [0.15, 0.2) is 47.4 Å². The SMILES string of the molecule is Cc1cccc(F)c1-n1cc(-c2cccc(OCCN(C)C)n2)c2[nH]nc(N)c2c1=O. The molecule has 0 radical (unpaired) electrons. The van der Waals surface area contributed by atoms with Crippen molar-refractivity contribution in [1.82, 2.24) is 24.6 Å². The Labute approximate surface area is 178 Å². The van der Waals surface area contributed by atoms with E-state index in [0.717, 1.165) is 6.54 Å². The molecule has 0 aliphatic carbocycles. The van der Waals surface area contributed by atoms with Crippen LogP contribution in [0.3, 0.4) is 0 Å². The molecule has 0 atom stereocenters. The molecule has 0 amide bonds. The van der Waals surface area contributed by atoms with E-state index < -0.39 is 11.4 Å². The van der Waals surface area contributed by atoms with Gasteiger partial charge in [0.2, 0.25) is 5.88 Å². The van der Waals surface area contributed by atoms with Crippen LogP contribution in [0.1, 0.15) is 5.56 Å². The monoisotopic (exact) mass is 422 g/mol. The molecule has 0 saturated heterocycles. The Kier molecular flexibility index (Phi) is 5.43. The summed E-state index contributed by atoms with van der Waals surface area (Å²) < 4.78 is 21.7. The topological polar surface area (TPSA) is 102 Å². The summed E-state index contributed by atoms with van der Waals surface area (Å²) >= 11 is 0. The Balaban J connectivity index is 1.90. The van der Waals surface area contributed by atoms with Crippen LogP contribution in [-0.4, -0.2) is 51.9 Å². The first-order valence-electron chi connectivity index (χ1n) is 9.76. The van der Waals surface area contributed by atoms with E-state index >= 15 is 0 Å². The zero-order valence-electron chi connectivity index (χ0n) is 17.5. The minimum atomic E-state index is -0.511. The average Bonchev–Trinajstić information content (AvgIpc) is 3.11. The van der Waals surface area contributed by atoms with Crippen molar-refractivity contribution < 1.29 is 9.13 Å². The molecule has 0 fully saturated rings. The van der Waals surface area contributed by atoms with Gasteiger partial charge in [0.25, 0.3) is 5.56 Å². The molecular weight excluding hydrogens is 399 g/mol. The summed E-state index contributed by atoms with van der Waals surface area (Å²) in [4.78, 5) is 19.8. The van der Waals surface area contributed by atoms with Gasteiger partial charge in [-0.25, -0.2) is 9.37 Å². The van der Waals surface area contributed by atoms with Gasteiger partial charge in [-0.2, -0.15) is 5.10 Å². The number of nitrogen functional groups attached to an aromatic ring is 1. The highest BCUT2D eigenvalue weighted by molar-refractivity contribution is 5.97. The van der Waals surface area contributed by atoms with E-state index in [1.165, 1.54) is 10.6 Å². The molecule has 3 heterocycles. The number of hydrogen-bond acceptors (Lipinski definition) is 6. The van der Waals surface area contributed by atoms with Crippen LogP contribution in [-0.2, 0) is 0 Å². The molecule has 31 heavy (non-hydrogen) atoms. The van der Waals surface area contributed by atoms with E-state index in [4.69, 9.17) is 10.5 Å². The molecule has 0 bridgehead atoms. The van der Waals surface area contributed by atoms with Gasteiger partial charge < -0.3 is 15.4 Å². The number of pyridine rings is 2. The molecule has 3 N–H and O–H groups in total. The largest absolute Gasteiger partial charge is 0.476 e. The number of aromatic nitrogens is 4. The summed E-state index contributed by atoms with van der Waals surface area (Å²) in [5.74, 6) is -0.0222. The van der Waals surface area contributed by atoms with Crippen LogP contribution in [0.4, 0.5) is 10.2 Å². The Morgan fingerprint density at radius 3 is 2.74 bits per heavy atom. The minimum absolute atomic E-state index is 0.0444. The number of nitrogens with zero attached hydrogens (tertiary/aromatic N) is 4. The van der Waals surface area contributed by atoms with E-state index in [1.54, 1.807) is 37.4 Å². The van der Waals surface area contributed by atoms with Gasteiger partial charge in [-0.3, -0.25) is 14.5 Å². The van der Waals surface area contributed by atoms with Crippen LogP contribution in [0, 0.1) is 12.7 Å². The number of ether oxygens (including phenoxy) is 1. The molecule has 1 aromatic carbocycles. The molecular formula is C22H23FN6O2. The van der Waals surface area contributed by atoms with Gasteiger partial charge in [-0.15, -0.1) is 0 Å². The standard InChI is InChI=1S/C22H23FN6O2/c1-13-6-4-7-15(23)20(13)29-12-14(19-18(22(29)30)21(24)27-26-19)16-8-5-9-17(25-16)31-11-10-28(2)3/h4-9,12H,10-11H2,1-3H3,(H3,24,26,27). The van der Waals surface area contributed by atoms with E-state index in [2.05, 4.69) is 15.2 Å². The zero-order valence-corrected chi connectivity index (χ0v) is 17.5. The lowest BCUT2D eigenvalue weighted by molar-refractivity contribution is 0.254. The van der Waals surface area contributed by atoms with Gasteiger partial charge in [0, 0.05) is 24.4 Å². The number of aryl methyl sites for hydroxylation is 1. The summed E-state index contributed by atoms with van der Waals surface area (Å²) in [6, 6.07) is 10.0. The number of aromatic amines is 1. The summed E-state index contributed by atoms with van der Waals surface area (Å²) in [5, 5.41) is 6.99. The number of benzene rings is 1. The number of anilines is 1. The third-order valence-corrected chi connectivity index (χ3v) is 4.97. The highest BCUT2D eigenvalue weighted by atomic mass is 19.1. The van der Waals surface area contributed by atoms with E-state index in [-0.39, 0.29) is 16.9 Å². The van der Waals surface area contributed by atoms with E-state index in [1.807, 2.05) is 25.1 Å². The highest BCUT2D eigenvalue weighted by Crippen LogP contribution is 2.29. The second kappa shape index (κ2) is 8.19. The molecule has 0 unspecified atom stereocenters. The quantitative estimate of drug-likeness (QED) is 0.495. The Hall–Kier alpha value is -3.72. The molecule has 8 nitrogen and oxygen atoms in total. The van der Waals surface area contributed by atoms with Gasteiger partial charge in [-0.05, 0) is 38.7 Å². The zero-order chi connectivity index (χ0) is 22.1. The number of fused-ring (bicyclic) bond motifs is 1. The van der Waals surface area contributed by atoms with Crippen LogP contribution in [0.25, 0.3) is 27.8 Å². The van der Waals surface area contributed by atoms with Gasteiger partial charge in [-0.1, -0.05) is 18.2 Å². The third-order valence-electron chi connectivity index (χ3n) is 4.97. The van der Waals surface area contributed by atoms with Crippen molar-refractivity contribution >= 4 is 16.7 Å². The lowest BCUT2D eigenvalue weighted by atomic mass is 10.1. The minimum Gasteiger partial charge on any atom is -0.476 e. The number of hydrogen-bond donors (Lipinski definition) is 2. The number of nitrogens with two attached hydrogens (primary N) is 1. The smallest absolute Gasteiger partial charge is 0.268 e. The molecule has 4 rings (SSSR count). The molecule has 0 aliphatic rings. The van der Waals surface area contributed by atoms with Crippen molar-refractivity contribution in [3.05, 3.63) is 64.3 Å². The van der Waals surface area contributed by atoms with Gasteiger partial charge >= 0.3 is 0 Å². The van der Waals surface area contributed by atoms with Crippen LogP contribution in [0.5, 0.6) is 5.88 Å². The summed E-state index contributed by atoms with van der Waals surface area (Å²) in [6.07, 6.45) is 1.56. The van der Waals surface area contributed by atoms with Crippen molar-refractivity contribution in [1.29, 1.82) is 0 Å². The predicted octanol–water partition coefficient (Wildman–Crippen LogP) is 2.75. The molecule has 9 heteroatoms.